The van der Waals surface area contributed by atoms with Gasteiger partial charge in [0, 0.05) is 11.4 Å². The zero-order valence-corrected chi connectivity index (χ0v) is 10.6. The first-order chi connectivity index (χ1) is 8.65. The monoisotopic (exact) mass is 263 g/mol. The van der Waals surface area contributed by atoms with Crippen LogP contribution in [0.15, 0.2) is 35.7 Å². The number of hydrogen-bond donors (Lipinski definition) is 3. The fourth-order valence-corrected chi connectivity index (χ4v) is 2.00. The molecule has 1 heterocycles. The Bertz CT molecular complexity index is 511. The quantitative estimate of drug-likeness (QED) is 0.574. The van der Waals surface area contributed by atoms with Crippen molar-refractivity contribution in [1.29, 1.82) is 0 Å². The molecule has 94 valence electrons. The number of nitrogens with one attached hydrogen (secondary N) is 2. The van der Waals surface area contributed by atoms with Gasteiger partial charge in [-0.15, -0.1) is 0 Å². The molecule has 0 spiro atoms. The lowest BCUT2D eigenvalue weighted by Gasteiger charge is -2.10. The Balaban J connectivity index is 1.93. The fraction of sp³-hybridized carbons (Fsp3) is 0.182. The van der Waals surface area contributed by atoms with Gasteiger partial charge in [-0.25, -0.2) is 4.98 Å². The van der Waals surface area contributed by atoms with Gasteiger partial charge in [-0.1, -0.05) is 11.8 Å². The largest absolute Gasteiger partial charge is 0.399 e. The Morgan fingerprint density at radius 2 is 2.17 bits per heavy atom. The van der Waals surface area contributed by atoms with Gasteiger partial charge in [0.15, 0.2) is 5.16 Å². The van der Waals surface area contributed by atoms with Crippen LogP contribution in [0.2, 0.25) is 0 Å². The molecule has 1 atom stereocenters. The molecule has 1 unspecified atom stereocenters. The smallest absolute Gasteiger partial charge is 0.237 e. The molecule has 2 aromatic rings. The van der Waals surface area contributed by atoms with Crippen molar-refractivity contribution >= 4 is 29.0 Å². The molecule has 0 aliphatic rings. The predicted molar refractivity (Wildman–Crippen MR) is 71.2 cm³/mol. The first kappa shape index (κ1) is 12.4. The van der Waals surface area contributed by atoms with Crippen LogP contribution < -0.4 is 11.1 Å². The zero-order valence-electron chi connectivity index (χ0n) is 9.75. The van der Waals surface area contributed by atoms with Gasteiger partial charge in [-0.05, 0) is 31.2 Å². The van der Waals surface area contributed by atoms with E-state index in [1.165, 1.54) is 18.1 Å². The van der Waals surface area contributed by atoms with Crippen molar-refractivity contribution in [3.8, 4) is 0 Å². The minimum absolute atomic E-state index is 0.0961. The Hall–Kier alpha value is -2.02. The summed E-state index contributed by atoms with van der Waals surface area (Å²) in [5.74, 6) is -0.0961. The van der Waals surface area contributed by atoms with Crippen molar-refractivity contribution in [2.45, 2.75) is 17.3 Å². The van der Waals surface area contributed by atoms with Crippen molar-refractivity contribution < 1.29 is 4.79 Å². The molecule has 0 saturated carbocycles. The molecular weight excluding hydrogens is 250 g/mol. The van der Waals surface area contributed by atoms with E-state index in [9.17, 15) is 4.79 Å². The molecule has 0 aliphatic carbocycles. The summed E-state index contributed by atoms with van der Waals surface area (Å²) in [4.78, 5) is 15.9. The third kappa shape index (κ3) is 3.24. The van der Waals surface area contributed by atoms with Gasteiger partial charge in [0.1, 0.15) is 6.33 Å². The fourth-order valence-electron chi connectivity index (χ4n) is 1.28. The summed E-state index contributed by atoms with van der Waals surface area (Å²) in [6, 6.07) is 7.01. The maximum Gasteiger partial charge on any atom is 0.237 e. The number of hydrogen-bond acceptors (Lipinski definition) is 5. The molecule has 1 aromatic heterocycles. The number of carbonyl (C=O) groups excluding carboxylic acids is 1. The number of aromatic amines is 1. The van der Waals surface area contributed by atoms with Crippen molar-refractivity contribution in [2.24, 2.45) is 0 Å². The minimum Gasteiger partial charge on any atom is -0.399 e. The number of rotatable bonds is 4. The van der Waals surface area contributed by atoms with Gasteiger partial charge >= 0.3 is 0 Å². The van der Waals surface area contributed by atoms with Crippen LogP contribution >= 0.6 is 11.8 Å². The third-order valence-corrected chi connectivity index (χ3v) is 3.22. The number of nitrogens with two attached hydrogens (primary N) is 1. The molecular formula is C11H13N5OS. The summed E-state index contributed by atoms with van der Waals surface area (Å²) < 4.78 is 0. The molecule has 0 fully saturated rings. The molecule has 1 aromatic carbocycles. The molecule has 0 saturated heterocycles. The Labute approximate surface area is 108 Å². The Kier molecular flexibility index (Phi) is 3.83. The first-order valence-electron chi connectivity index (χ1n) is 5.33. The van der Waals surface area contributed by atoms with E-state index in [1.807, 2.05) is 0 Å². The van der Waals surface area contributed by atoms with E-state index in [0.717, 1.165) is 5.69 Å². The summed E-state index contributed by atoms with van der Waals surface area (Å²) in [5, 5.41) is 9.58. The molecule has 0 aliphatic heterocycles. The van der Waals surface area contributed by atoms with Gasteiger partial charge in [0.05, 0.1) is 5.25 Å². The Morgan fingerprint density at radius 1 is 1.44 bits per heavy atom. The number of nitrogen functional groups attached to an aromatic ring is 1. The van der Waals surface area contributed by atoms with Gasteiger partial charge in [0.25, 0.3) is 0 Å². The number of H-pyrrole nitrogens is 1. The highest BCUT2D eigenvalue weighted by atomic mass is 32.2. The second-order valence-electron chi connectivity index (χ2n) is 3.66. The maximum absolute atomic E-state index is 11.9. The van der Waals surface area contributed by atoms with Crippen molar-refractivity contribution in [3.05, 3.63) is 30.6 Å². The number of benzene rings is 1. The highest BCUT2D eigenvalue weighted by Gasteiger charge is 2.15. The topological polar surface area (TPSA) is 96.7 Å². The molecule has 4 N–H and O–H groups in total. The highest BCUT2D eigenvalue weighted by molar-refractivity contribution is 8.00. The zero-order chi connectivity index (χ0) is 13.0. The average Bonchev–Trinajstić information content (AvgIpc) is 2.85. The van der Waals surface area contributed by atoms with Gasteiger partial charge in [-0.2, -0.15) is 5.10 Å². The van der Waals surface area contributed by atoms with Gasteiger partial charge < -0.3 is 11.1 Å². The van der Waals surface area contributed by atoms with E-state index in [-0.39, 0.29) is 11.2 Å². The number of amides is 1. The molecule has 18 heavy (non-hydrogen) atoms. The third-order valence-electron chi connectivity index (χ3n) is 2.23. The first-order valence-corrected chi connectivity index (χ1v) is 6.21. The summed E-state index contributed by atoms with van der Waals surface area (Å²) >= 11 is 1.31. The van der Waals surface area contributed by atoms with Crippen LogP contribution in [-0.2, 0) is 4.79 Å². The second kappa shape index (κ2) is 5.54. The number of aromatic nitrogens is 3. The van der Waals surface area contributed by atoms with E-state index < -0.39 is 0 Å². The summed E-state index contributed by atoms with van der Waals surface area (Å²) in [5.41, 5.74) is 6.96. The highest BCUT2D eigenvalue weighted by Crippen LogP contribution is 2.20. The number of thioether (sulfide) groups is 1. The molecule has 0 radical (unpaired) electrons. The second-order valence-corrected chi connectivity index (χ2v) is 4.99. The number of nitrogens with zero attached hydrogens (tertiary/aromatic N) is 2. The normalized spacial score (nSPS) is 12.1. The van der Waals surface area contributed by atoms with E-state index in [4.69, 9.17) is 5.73 Å². The van der Waals surface area contributed by atoms with E-state index in [2.05, 4.69) is 20.5 Å². The summed E-state index contributed by atoms with van der Waals surface area (Å²) in [7, 11) is 0. The maximum atomic E-state index is 11.9. The minimum atomic E-state index is -0.268. The summed E-state index contributed by atoms with van der Waals surface area (Å²) in [6.07, 6.45) is 1.41. The average molecular weight is 263 g/mol. The summed E-state index contributed by atoms with van der Waals surface area (Å²) in [6.45, 7) is 1.81. The van der Waals surface area contributed by atoms with Crippen LogP contribution in [0.4, 0.5) is 11.4 Å². The standard InChI is InChI=1S/C11H13N5OS/c1-7(18-11-13-6-14-16-11)10(17)15-9-4-2-8(12)3-5-9/h2-7H,12H2,1H3,(H,15,17)(H,13,14,16). The van der Waals surface area contributed by atoms with Gasteiger partial charge in [0.2, 0.25) is 5.91 Å². The van der Waals surface area contributed by atoms with Crippen LogP contribution in [0, 0.1) is 0 Å². The lowest BCUT2D eigenvalue weighted by molar-refractivity contribution is -0.115. The Morgan fingerprint density at radius 3 is 2.78 bits per heavy atom. The molecule has 1 amide bonds. The van der Waals surface area contributed by atoms with E-state index >= 15 is 0 Å². The van der Waals surface area contributed by atoms with Crippen LogP contribution in [-0.4, -0.2) is 26.3 Å². The van der Waals surface area contributed by atoms with Crippen molar-refractivity contribution in [1.82, 2.24) is 15.2 Å². The van der Waals surface area contributed by atoms with E-state index in [0.29, 0.717) is 10.8 Å². The van der Waals surface area contributed by atoms with Gasteiger partial charge in [-0.3, -0.25) is 9.89 Å². The lowest BCUT2D eigenvalue weighted by Crippen LogP contribution is -2.22. The molecule has 0 bridgehead atoms. The van der Waals surface area contributed by atoms with Crippen LogP contribution in [0.1, 0.15) is 6.92 Å². The van der Waals surface area contributed by atoms with E-state index in [1.54, 1.807) is 31.2 Å². The van der Waals surface area contributed by atoms with Crippen LogP contribution in [0.3, 0.4) is 0 Å². The van der Waals surface area contributed by atoms with Crippen LogP contribution in [0.25, 0.3) is 0 Å². The molecule has 7 heteroatoms. The number of anilines is 2. The van der Waals surface area contributed by atoms with Crippen molar-refractivity contribution in [2.75, 3.05) is 11.1 Å². The van der Waals surface area contributed by atoms with Crippen LogP contribution in [0.5, 0.6) is 0 Å². The SMILES string of the molecule is CC(Sc1ncn[nH]1)C(=O)Nc1ccc(N)cc1. The number of carbonyl (C=O) groups is 1. The van der Waals surface area contributed by atoms with Crippen molar-refractivity contribution in [3.63, 3.8) is 0 Å². The molecule has 2 rings (SSSR count). The predicted octanol–water partition coefficient (Wildman–Crippen LogP) is 1.51. The molecule has 6 nitrogen and oxygen atoms in total. The lowest BCUT2D eigenvalue weighted by atomic mass is 10.3.